The molecule has 0 saturated carbocycles. The van der Waals surface area contributed by atoms with Crippen LogP contribution in [0.4, 0.5) is 17.8 Å². The quantitative estimate of drug-likeness (QED) is 0.204. The third-order valence-corrected chi connectivity index (χ3v) is 6.89. The summed E-state index contributed by atoms with van der Waals surface area (Å²) in [6.45, 7) is 4.61. The standard InChI is InChI=1S/C25H29N7O4S/c1-34-20-16-18(7-8-19(20)36-22(33)21-6-5-15-37-21)17-26-30-23-27-24(31-9-3-2-4-10-31)29-25(28-23)32-11-13-35-14-12-32/h5-8,15-17H,2-4,9-14H2,1H3,(H,27,28,29,30)/b26-17+. The first-order valence-corrected chi connectivity index (χ1v) is 13.1. The number of hydrogen-bond donors (Lipinski definition) is 1. The average Bonchev–Trinajstić information content (AvgIpc) is 3.50. The predicted octanol–water partition coefficient (Wildman–Crippen LogP) is 3.43. The third kappa shape index (κ3) is 6.33. The number of morpholine rings is 1. The van der Waals surface area contributed by atoms with Crippen molar-refractivity contribution in [3.05, 3.63) is 46.2 Å². The lowest BCUT2D eigenvalue weighted by Gasteiger charge is -2.30. The van der Waals surface area contributed by atoms with Gasteiger partial charge in [0, 0.05) is 26.2 Å². The number of esters is 1. The van der Waals surface area contributed by atoms with Gasteiger partial charge in [-0.05, 0) is 54.5 Å². The van der Waals surface area contributed by atoms with Gasteiger partial charge >= 0.3 is 5.97 Å². The van der Waals surface area contributed by atoms with Crippen molar-refractivity contribution in [3.63, 3.8) is 0 Å². The Bertz CT molecular complexity index is 1190. The molecular formula is C25H29N7O4S. The second-order valence-corrected chi connectivity index (χ2v) is 9.50. The molecule has 4 heterocycles. The van der Waals surface area contributed by atoms with Crippen LogP contribution in [0, 0.1) is 0 Å². The maximum atomic E-state index is 12.3. The Labute approximate surface area is 219 Å². The van der Waals surface area contributed by atoms with Gasteiger partial charge in [0.25, 0.3) is 0 Å². The van der Waals surface area contributed by atoms with Crippen LogP contribution >= 0.6 is 11.3 Å². The van der Waals surface area contributed by atoms with Crippen molar-refractivity contribution in [3.8, 4) is 11.5 Å². The van der Waals surface area contributed by atoms with Crippen LogP contribution in [0.2, 0.25) is 0 Å². The molecule has 2 aliphatic rings. The predicted molar refractivity (Wildman–Crippen MR) is 142 cm³/mol. The van der Waals surface area contributed by atoms with E-state index >= 15 is 0 Å². The molecule has 3 aromatic rings. The number of benzene rings is 1. The van der Waals surface area contributed by atoms with E-state index in [0.717, 1.165) is 44.6 Å². The normalized spacial score (nSPS) is 16.1. The maximum absolute atomic E-state index is 12.3. The van der Waals surface area contributed by atoms with Gasteiger partial charge in [0.15, 0.2) is 11.5 Å². The van der Waals surface area contributed by atoms with Crippen LogP contribution in [0.15, 0.2) is 40.8 Å². The van der Waals surface area contributed by atoms with Crippen molar-refractivity contribution in [2.45, 2.75) is 19.3 Å². The summed E-state index contributed by atoms with van der Waals surface area (Å²) in [5.41, 5.74) is 3.70. The molecule has 2 saturated heterocycles. The Morgan fingerprint density at radius 2 is 1.78 bits per heavy atom. The van der Waals surface area contributed by atoms with E-state index in [1.165, 1.54) is 24.9 Å². The number of methoxy groups -OCH3 is 1. The Hall–Kier alpha value is -3.77. The molecule has 0 bridgehead atoms. The topological polar surface area (TPSA) is 114 Å². The Balaban J connectivity index is 1.31. The van der Waals surface area contributed by atoms with Gasteiger partial charge in [-0.15, -0.1) is 11.3 Å². The minimum atomic E-state index is -0.424. The number of piperidine rings is 1. The Kier molecular flexibility index (Phi) is 8.06. The highest BCUT2D eigenvalue weighted by Gasteiger charge is 2.20. The van der Waals surface area contributed by atoms with Crippen LogP contribution < -0.4 is 24.7 Å². The van der Waals surface area contributed by atoms with Crippen molar-refractivity contribution in [1.29, 1.82) is 0 Å². The van der Waals surface area contributed by atoms with E-state index in [0.29, 0.717) is 47.4 Å². The number of anilines is 3. The molecular weight excluding hydrogens is 494 g/mol. The zero-order valence-electron chi connectivity index (χ0n) is 20.6. The fourth-order valence-electron chi connectivity index (χ4n) is 4.10. The van der Waals surface area contributed by atoms with E-state index in [1.807, 2.05) is 5.38 Å². The van der Waals surface area contributed by atoms with Crippen molar-refractivity contribution >= 4 is 41.4 Å². The van der Waals surface area contributed by atoms with Gasteiger partial charge in [-0.3, -0.25) is 0 Å². The summed E-state index contributed by atoms with van der Waals surface area (Å²) < 4.78 is 16.4. The fraction of sp³-hybridized carbons (Fsp3) is 0.400. The molecule has 1 aromatic carbocycles. The molecule has 0 amide bonds. The molecule has 0 spiro atoms. The van der Waals surface area contributed by atoms with E-state index < -0.39 is 5.97 Å². The molecule has 5 rings (SSSR count). The molecule has 2 fully saturated rings. The minimum Gasteiger partial charge on any atom is -0.493 e. The Morgan fingerprint density at radius 3 is 2.49 bits per heavy atom. The van der Waals surface area contributed by atoms with Crippen molar-refractivity contribution in [2.75, 3.05) is 61.7 Å². The van der Waals surface area contributed by atoms with Gasteiger partial charge in [-0.2, -0.15) is 20.1 Å². The number of carbonyl (C=O) groups is 1. The summed E-state index contributed by atoms with van der Waals surface area (Å²) >= 11 is 1.32. The fourth-order valence-corrected chi connectivity index (χ4v) is 4.70. The third-order valence-electron chi connectivity index (χ3n) is 6.04. The van der Waals surface area contributed by atoms with Gasteiger partial charge in [-0.25, -0.2) is 10.2 Å². The largest absolute Gasteiger partial charge is 0.493 e. The lowest BCUT2D eigenvalue weighted by Crippen LogP contribution is -2.38. The molecule has 194 valence electrons. The highest BCUT2D eigenvalue weighted by atomic mass is 32.1. The molecule has 1 N–H and O–H groups in total. The number of rotatable bonds is 8. The summed E-state index contributed by atoms with van der Waals surface area (Å²) in [6.07, 6.45) is 5.11. The number of carbonyl (C=O) groups excluding carboxylic acids is 1. The molecule has 0 atom stereocenters. The van der Waals surface area contributed by atoms with E-state index in [-0.39, 0.29) is 0 Å². The van der Waals surface area contributed by atoms with Crippen LogP contribution in [0.3, 0.4) is 0 Å². The number of hydrogen-bond acceptors (Lipinski definition) is 12. The van der Waals surface area contributed by atoms with Crippen LogP contribution in [-0.4, -0.2) is 73.6 Å². The van der Waals surface area contributed by atoms with E-state index in [4.69, 9.17) is 19.2 Å². The summed E-state index contributed by atoms with van der Waals surface area (Å²) in [5.74, 6) is 2.00. The van der Waals surface area contributed by atoms with Crippen molar-refractivity contribution in [2.24, 2.45) is 5.10 Å². The molecule has 11 nitrogen and oxygen atoms in total. The first-order valence-electron chi connectivity index (χ1n) is 12.3. The monoisotopic (exact) mass is 523 g/mol. The van der Waals surface area contributed by atoms with Gasteiger partial charge in [0.05, 0.1) is 26.5 Å². The molecule has 2 aromatic heterocycles. The lowest BCUT2D eigenvalue weighted by atomic mass is 10.1. The molecule has 37 heavy (non-hydrogen) atoms. The van der Waals surface area contributed by atoms with Crippen LogP contribution in [0.1, 0.15) is 34.5 Å². The van der Waals surface area contributed by atoms with E-state index in [1.54, 1.807) is 36.5 Å². The van der Waals surface area contributed by atoms with Crippen molar-refractivity contribution in [1.82, 2.24) is 15.0 Å². The SMILES string of the molecule is COc1cc(/C=N/Nc2nc(N3CCCCC3)nc(N3CCOCC3)n2)ccc1OC(=O)c1cccs1. The van der Waals surface area contributed by atoms with Gasteiger partial charge in [0.1, 0.15) is 4.88 Å². The number of ether oxygens (including phenoxy) is 3. The van der Waals surface area contributed by atoms with Crippen LogP contribution in [0.5, 0.6) is 11.5 Å². The number of thiophene rings is 1. The average molecular weight is 524 g/mol. The molecule has 2 aliphatic heterocycles. The number of hydrazone groups is 1. The lowest BCUT2D eigenvalue weighted by molar-refractivity contribution is 0.0735. The highest BCUT2D eigenvalue weighted by Crippen LogP contribution is 2.29. The summed E-state index contributed by atoms with van der Waals surface area (Å²) in [5, 5.41) is 6.17. The molecule has 0 unspecified atom stereocenters. The first kappa shape index (κ1) is 24.9. The highest BCUT2D eigenvalue weighted by molar-refractivity contribution is 7.12. The van der Waals surface area contributed by atoms with E-state index in [9.17, 15) is 4.79 Å². The van der Waals surface area contributed by atoms with Crippen LogP contribution in [0.25, 0.3) is 0 Å². The minimum absolute atomic E-state index is 0.338. The molecule has 12 heteroatoms. The van der Waals surface area contributed by atoms with Gasteiger partial charge in [-0.1, -0.05) is 6.07 Å². The second kappa shape index (κ2) is 12.0. The van der Waals surface area contributed by atoms with Crippen molar-refractivity contribution < 1.29 is 19.0 Å². The Morgan fingerprint density at radius 1 is 1.03 bits per heavy atom. The number of nitrogens with one attached hydrogen (secondary N) is 1. The maximum Gasteiger partial charge on any atom is 0.353 e. The second-order valence-electron chi connectivity index (χ2n) is 8.55. The first-order chi connectivity index (χ1) is 18.2. The van der Waals surface area contributed by atoms with Gasteiger partial charge < -0.3 is 24.0 Å². The number of aromatic nitrogens is 3. The number of nitrogens with zero attached hydrogens (tertiary/aromatic N) is 6. The molecule has 0 radical (unpaired) electrons. The summed E-state index contributed by atoms with van der Waals surface area (Å²) in [4.78, 5) is 31.1. The van der Waals surface area contributed by atoms with Crippen LogP contribution in [-0.2, 0) is 4.74 Å². The summed E-state index contributed by atoms with van der Waals surface area (Å²) in [6, 6.07) is 8.73. The smallest absolute Gasteiger partial charge is 0.353 e. The molecule has 0 aliphatic carbocycles. The van der Waals surface area contributed by atoms with Gasteiger partial charge in [0.2, 0.25) is 17.8 Å². The zero-order chi connectivity index (χ0) is 25.5. The summed E-state index contributed by atoms with van der Waals surface area (Å²) in [7, 11) is 1.52. The van der Waals surface area contributed by atoms with E-state index in [2.05, 4.69) is 30.3 Å². The zero-order valence-corrected chi connectivity index (χ0v) is 21.4.